The topological polar surface area (TPSA) is 93.5 Å². The molecule has 1 N–H and O–H groups in total. The Morgan fingerprint density at radius 3 is 2.79 bits per heavy atom. The van der Waals surface area contributed by atoms with Crippen molar-refractivity contribution in [2.45, 2.75) is 43.0 Å². The van der Waals surface area contributed by atoms with E-state index >= 15 is 0 Å². The molecule has 1 fully saturated rings. The SMILES string of the molecule is Cn1c(CCC(=O)N[C@H]2CCCc3ccccc32)nc2cc(S(=O)(=O)N3CCOCC3)ccc21. The second-order valence-electron chi connectivity index (χ2n) is 8.97. The van der Waals surface area contributed by atoms with E-state index in [1.807, 2.05) is 23.7 Å². The van der Waals surface area contributed by atoms with Gasteiger partial charge >= 0.3 is 0 Å². The lowest BCUT2D eigenvalue weighted by molar-refractivity contribution is -0.121. The standard InChI is InChI=1S/C25H30N4O4S/c1-28-23-10-9-19(34(31,32)29-13-15-33-16-14-29)17-22(23)26-24(28)11-12-25(30)27-21-8-4-6-18-5-2-3-7-20(18)21/h2-3,5,7,9-10,17,21H,4,6,8,11-16H2,1H3,(H,27,30)/t21-/m0/s1. The Morgan fingerprint density at radius 2 is 1.97 bits per heavy atom. The number of amides is 1. The molecule has 2 aromatic carbocycles. The highest BCUT2D eigenvalue weighted by molar-refractivity contribution is 7.89. The largest absolute Gasteiger partial charge is 0.379 e. The maximum absolute atomic E-state index is 13.0. The Morgan fingerprint density at radius 1 is 1.18 bits per heavy atom. The minimum atomic E-state index is -3.58. The molecule has 9 heteroatoms. The number of hydrogen-bond acceptors (Lipinski definition) is 5. The summed E-state index contributed by atoms with van der Waals surface area (Å²) < 4.78 is 34.7. The summed E-state index contributed by atoms with van der Waals surface area (Å²) in [6, 6.07) is 13.4. The summed E-state index contributed by atoms with van der Waals surface area (Å²) in [5, 5.41) is 3.19. The number of fused-ring (bicyclic) bond motifs is 2. The zero-order chi connectivity index (χ0) is 23.7. The van der Waals surface area contributed by atoms with Gasteiger partial charge in [-0.25, -0.2) is 13.4 Å². The summed E-state index contributed by atoms with van der Waals surface area (Å²) in [6.07, 6.45) is 3.90. The van der Waals surface area contributed by atoms with E-state index in [1.54, 1.807) is 18.2 Å². The summed E-state index contributed by atoms with van der Waals surface area (Å²) in [6.45, 7) is 1.52. The normalized spacial score (nSPS) is 19.1. The van der Waals surface area contributed by atoms with Crippen molar-refractivity contribution in [3.8, 4) is 0 Å². The molecule has 8 nitrogen and oxygen atoms in total. The average molecular weight is 483 g/mol. The van der Waals surface area contributed by atoms with Crippen LogP contribution in [0.1, 0.15) is 42.3 Å². The highest BCUT2D eigenvalue weighted by atomic mass is 32.2. The summed E-state index contributed by atoms with van der Waals surface area (Å²) in [5.41, 5.74) is 4.00. The van der Waals surface area contributed by atoms with Crippen molar-refractivity contribution in [3.05, 3.63) is 59.4 Å². The molecule has 2 heterocycles. The molecule has 0 spiro atoms. The molecule has 2 aliphatic rings. The highest BCUT2D eigenvalue weighted by Gasteiger charge is 2.27. The van der Waals surface area contributed by atoms with E-state index < -0.39 is 10.0 Å². The molecule has 34 heavy (non-hydrogen) atoms. The van der Waals surface area contributed by atoms with Crippen LogP contribution < -0.4 is 5.32 Å². The van der Waals surface area contributed by atoms with Crippen LogP contribution in [0.25, 0.3) is 11.0 Å². The lowest BCUT2D eigenvalue weighted by atomic mass is 9.87. The molecule has 1 aromatic heterocycles. The third kappa shape index (κ3) is 4.47. The molecule has 1 amide bonds. The van der Waals surface area contributed by atoms with Gasteiger partial charge in [0.2, 0.25) is 15.9 Å². The van der Waals surface area contributed by atoms with Crippen LogP contribution in [-0.2, 0) is 39.4 Å². The average Bonchev–Trinajstić information content (AvgIpc) is 3.18. The minimum absolute atomic E-state index is 0.00402. The van der Waals surface area contributed by atoms with Crippen LogP contribution in [0.15, 0.2) is 47.4 Å². The lowest BCUT2D eigenvalue weighted by Crippen LogP contribution is -2.40. The number of benzene rings is 2. The number of imidazole rings is 1. The van der Waals surface area contributed by atoms with E-state index in [2.05, 4.69) is 22.4 Å². The molecule has 3 aromatic rings. The molecule has 1 aliphatic carbocycles. The molecule has 1 aliphatic heterocycles. The number of nitrogens with one attached hydrogen (secondary N) is 1. The van der Waals surface area contributed by atoms with Crippen LogP contribution in [0.3, 0.4) is 0 Å². The number of hydrogen-bond donors (Lipinski definition) is 1. The van der Waals surface area contributed by atoms with Crippen LogP contribution in [0.4, 0.5) is 0 Å². The van der Waals surface area contributed by atoms with Gasteiger partial charge in [0.1, 0.15) is 5.82 Å². The number of carbonyl (C=O) groups is 1. The van der Waals surface area contributed by atoms with Crippen molar-refractivity contribution in [1.29, 1.82) is 0 Å². The van der Waals surface area contributed by atoms with Gasteiger partial charge < -0.3 is 14.6 Å². The van der Waals surface area contributed by atoms with E-state index in [1.165, 1.54) is 15.4 Å². The van der Waals surface area contributed by atoms with Gasteiger partial charge in [-0.3, -0.25) is 4.79 Å². The quantitative estimate of drug-likeness (QED) is 0.583. The summed E-state index contributed by atoms with van der Waals surface area (Å²) in [5.74, 6) is 0.763. The Balaban J connectivity index is 1.28. The molecule has 0 radical (unpaired) electrons. The van der Waals surface area contributed by atoms with Crippen molar-refractivity contribution in [2.75, 3.05) is 26.3 Å². The van der Waals surface area contributed by atoms with Gasteiger partial charge in [0, 0.05) is 33.0 Å². The first-order valence-corrected chi connectivity index (χ1v) is 13.3. The summed E-state index contributed by atoms with van der Waals surface area (Å²) >= 11 is 0. The number of carbonyl (C=O) groups excluding carboxylic acids is 1. The van der Waals surface area contributed by atoms with E-state index in [0.717, 1.165) is 30.6 Å². The van der Waals surface area contributed by atoms with Crippen LogP contribution in [0.2, 0.25) is 0 Å². The Labute approximate surface area is 200 Å². The third-order valence-electron chi connectivity index (χ3n) is 6.83. The number of ether oxygens (including phenoxy) is 1. The van der Waals surface area contributed by atoms with Gasteiger partial charge in [0.05, 0.1) is 35.2 Å². The molecule has 0 bridgehead atoms. The Hall–Kier alpha value is -2.75. The fraction of sp³-hybridized carbons (Fsp3) is 0.440. The number of rotatable bonds is 6. The summed E-state index contributed by atoms with van der Waals surface area (Å²) in [7, 11) is -1.68. The second kappa shape index (κ2) is 9.48. The van der Waals surface area contributed by atoms with Crippen molar-refractivity contribution in [1.82, 2.24) is 19.2 Å². The smallest absolute Gasteiger partial charge is 0.243 e. The highest BCUT2D eigenvalue weighted by Crippen LogP contribution is 2.29. The molecular formula is C25H30N4O4S. The van der Waals surface area contributed by atoms with Crippen molar-refractivity contribution < 1.29 is 17.9 Å². The maximum atomic E-state index is 13.0. The number of morpholine rings is 1. The molecule has 0 saturated carbocycles. The van der Waals surface area contributed by atoms with Gasteiger partial charge in [-0.1, -0.05) is 24.3 Å². The number of nitrogens with zero attached hydrogens (tertiary/aromatic N) is 3. The van der Waals surface area contributed by atoms with Crippen molar-refractivity contribution in [2.24, 2.45) is 7.05 Å². The fourth-order valence-corrected chi connectivity index (χ4v) is 6.37. The number of aryl methyl sites for hydroxylation is 3. The lowest BCUT2D eigenvalue weighted by Gasteiger charge is -2.26. The van der Waals surface area contributed by atoms with E-state index in [9.17, 15) is 13.2 Å². The number of sulfonamides is 1. The zero-order valence-corrected chi connectivity index (χ0v) is 20.2. The van der Waals surface area contributed by atoms with E-state index in [4.69, 9.17) is 4.74 Å². The van der Waals surface area contributed by atoms with Crippen molar-refractivity contribution in [3.63, 3.8) is 0 Å². The first-order chi connectivity index (χ1) is 16.4. The van der Waals surface area contributed by atoms with Crippen LogP contribution >= 0.6 is 0 Å². The van der Waals surface area contributed by atoms with E-state index in [-0.39, 0.29) is 16.8 Å². The predicted molar refractivity (Wildman–Crippen MR) is 129 cm³/mol. The molecule has 1 atom stereocenters. The van der Waals surface area contributed by atoms with E-state index in [0.29, 0.717) is 44.7 Å². The van der Waals surface area contributed by atoms with Gasteiger partial charge in [-0.2, -0.15) is 4.31 Å². The first-order valence-electron chi connectivity index (χ1n) is 11.8. The molecule has 5 rings (SSSR count). The third-order valence-corrected chi connectivity index (χ3v) is 8.73. The van der Waals surface area contributed by atoms with Crippen LogP contribution in [0, 0.1) is 0 Å². The predicted octanol–water partition coefficient (Wildman–Crippen LogP) is 2.72. The number of aromatic nitrogens is 2. The second-order valence-corrected chi connectivity index (χ2v) is 10.9. The van der Waals surface area contributed by atoms with Gasteiger partial charge in [-0.05, 0) is 48.6 Å². The molecular weight excluding hydrogens is 452 g/mol. The zero-order valence-electron chi connectivity index (χ0n) is 19.4. The van der Waals surface area contributed by atoms with Crippen LogP contribution in [0.5, 0.6) is 0 Å². The molecule has 180 valence electrons. The maximum Gasteiger partial charge on any atom is 0.243 e. The molecule has 1 saturated heterocycles. The first kappa shape index (κ1) is 23.0. The van der Waals surface area contributed by atoms with Gasteiger partial charge in [-0.15, -0.1) is 0 Å². The minimum Gasteiger partial charge on any atom is -0.379 e. The Bertz CT molecular complexity index is 1310. The van der Waals surface area contributed by atoms with Crippen LogP contribution in [-0.4, -0.2) is 54.5 Å². The Kier molecular flexibility index (Phi) is 6.42. The summed E-state index contributed by atoms with van der Waals surface area (Å²) in [4.78, 5) is 17.6. The fourth-order valence-electron chi connectivity index (χ4n) is 4.95. The van der Waals surface area contributed by atoms with Gasteiger partial charge in [0.15, 0.2) is 0 Å². The van der Waals surface area contributed by atoms with Gasteiger partial charge in [0.25, 0.3) is 0 Å². The molecule has 0 unspecified atom stereocenters. The monoisotopic (exact) mass is 482 g/mol. The van der Waals surface area contributed by atoms with Crippen molar-refractivity contribution >= 4 is 27.0 Å².